The first kappa shape index (κ1) is 9.44. The smallest absolute Gasteiger partial charge is 0.351 e. The van der Waals surface area contributed by atoms with Gasteiger partial charge < -0.3 is 4.74 Å². The first-order valence-corrected chi connectivity index (χ1v) is 4.37. The van der Waals surface area contributed by atoms with Crippen molar-refractivity contribution in [3.05, 3.63) is 59.6 Å². The summed E-state index contributed by atoms with van der Waals surface area (Å²) in [4.78, 5) is 11.4. The number of benzene rings is 1. The highest BCUT2D eigenvalue weighted by Gasteiger charge is 2.10. The van der Waals surface area contributed by atoms with E-state index >= 15 is 0 Å². The van der Waals surface area contributed by atoms with E-state index in [1.165, 1.54) is 24.3 Å². The van der Waals surface area contributed by atoms with Crippen LogP contribution in [0.15, 0.2) is 53.8 Å². The molecule has 0 atom stereocenters. The summed E-state index contributed by atoms with van der Waals surface area (Å²) in [6.45, 7) is 0. The van der Waals surface area contributed by atoms with Crippen LogP contribution in [0.1, 0.15) is 0 Å². The second kappa shape index (κ2) is 3.95. The number of halogens is 1. The van der Waals surface area contributed by atoms with Crippen LogP contribution in [0.3, 0.4) is 0 Å². The fraction of sp³-hybridized carbons (Fsp3) is 0. The Morgan fingerprint density at radius 1 is 1.27 bits per heavy atom. The maximum Gasteiger partial charge on any atom is 0.351 e. The second-order valence-corrected chi connectivity index (χ2v) is 2.93. The molecule has 3 heteroatoms. The van der Waals surface area contributed by atoms with Gasteiger partial charge in [-0.2, -0.15) is 0 Å². The summed E-state index contributed by atoms with van der Waals surface area (Å²) in [5, 5.41) is 0. The van der Waals surface area contributed by atoms with Gasteiger partial charge in [0, 0.05) is 0 Å². The van der Waals surface area contributed by atoms with Crippen molar-refractivity contribution in [3.63, 3.8) is 0 Å². The monoisotopic (exact) mass is 202 g/mol. The Morgan fingerprint density at radius 3 is 2.60 bits per heavy atom. The number of carbonyl (C=O) groups excluding carboxylic acids is 1. The lowest BCUT2D eigenvalue weighted by atomic mass is 10.3. The number of rotatable bonds is 2. The average molecular weight is 202 g/mol. The van der Waals surface area contributed by atoms with Crippen LogP contribution in [0, 0.1) is 5.82 Å². The molecule has 0 heterocycles. The zero-order chi connectivity index (χ0) is 10.7. The molecule has 0 saturated heterocycles. The zero-order valence-corrected chi connectivity index (χ0v) is 7.74. The molecule has 1 aliphatic rings. The van der Waals surface area contributed by atoms with E-state index in [0.717, 1.165) is 0 Å². The molecule has 15 heavy (non-hydrogen) atoms. The van der Waals surface area contributed by atoms with Crippen molar-refractivity contribution in [2.24, 2.45) is 0 Å². The Labute approximate surface area is 86.0 Å². The number of esters is 1. The average Bonchev–Trinajstić information content (AvgIpc) is 2.74. The van der Waals surface area contributed by atoms with E-state index in [9.17, 15) is 9.18 Å². The molecule has 0 spiro atoms. The van der Waals surface area contributed by atoms with Crippen LogP contribution >= 0.6 is 0 Å². The summed E-state index contributed by atoms with van der Waals surface area (Å²) in [5.41, 5.74) is 3.08. The van der Waals surface area contributed by atoms with E-state index in [-0.39, 0.29) is 5.82 Å². The van der Waals surface area contributed by atoms with Gasteiger partial charge >= 0.3 is 5.97 Å². The van der Waals surface area contributed by atoms with Crippen LogP contribution in [0.2, 0.25) is 0 Å². The standard InChI is InChI=1S/C12H7FO2/c13-10-5-7-11(8-6-10)15-12(14)9-3-1-2-4-9/h1-3,5-8H. The number of hydrogen-bond donors (Lipinski definition) is 0. The lowest BCUT2D eigenvalue weighted by molar-refractivity contribution is -0.129. The predicted molar refractivity (Wildman–Crippen MR) is 52.8 cm³/mol. The Bertz CT molecular complexity index is 477. The molecule has 2 nitrogen and oxygen atoms in total. The van der Waals surface area contributed by atoms with E-state index in [4.69, 9.17) is 4.74 Å². The second-order valence-electron chi connectivity index (χ2n) is 2.93. The maximum atomic E-state index is 12.6. The molecule has 0 aromatic heterocycles. The van der Waals surface area contributed by atoms with Gasteiger partial charge in [-0.1, -0.05) is 6.08 Å². The van der Waals surface area contributed by atoms with Gasteiger partial charge in [0.25, 0.3) is 0 Å². The highest BCUT2D eigenvalue weighted by Crippen LogP contribution is 2.14. The van der Waals surface area contributed by atoms with Crippen molar-refractivity contribution in [2.45, 2.75) is 0 Å². The normalized spacial score (nSPS) is 12.7. The predicted octanol–water partition coefficient (Wildman–Crippen LogP) is 2.38. The number of carbonyl (C=O) groups is 1. The summed E-state index contributed by atoms with van der Waals surface area (Å²) in [7, 11) is 0. The SMILES string of the molecule is O=C(Oc1ccc(F)cc1)C1=C=CC=C1. The van der Waals surface area contributed by atoms with Gasteiger partial charge in [0.05, 0.1) is 0 Å². The Hall–Kier alpha value is -2.12. The molecular weight excluding hydrogens is 195 g/mol. The van der Waals surface area contributed by atoms with E-state index < -0.39 is 5.97 Å². The van der Waals surface area contributed by atoms with Gasteiger partial charge in [0.2, 0.25) is 0 Å². The van der Waals surface area contributed by atoms with Gasteiger partial charge in [0.15, 0.2) is 0 Å². The van der Waals surface area contributed by atoms with E-state index in [0.29, 0.717) is 11.3 Å². The highest BCUT2D eigenvalue weighted by atomic mass is 19.1. The van der Waals surface area contributed by atoms with Crippen LogP contribution in [0.25, 0.3) is 0 Å². The van der Waals surface area contributed by atoms with Crippen molar-refractivity contribution >= 4 is 5.97 Å². The molecule has 1 aromatic rings. The number of ether oxygens (including phenoxy) is 1. The first-order valence-electron chi connectivity index (χ1n) is 4.37. The van der Waals surface area contributed by atoms with Gasteiger partial charge in [-0.15, -0.1) is 5.73 Å². The molecule has 0 aliphatic heterocycles. The molecule has 0 fully saturated rings. The minimum Gasteiger partial charge on any atom is -0.422 e. The van der Waals surface area contributed by atoms with Crippen LogP contribution < -0.4 is 4.74 Å². The maximum absolute atomic E-state index is 12.6. The Morgan fingerprint density at radius 2 is 2.00 bits per heavy atom. The molecule has 1 aliphatic carbocycles. The Balaban J connectivity index is 2.09. The third-order valence-electron chi connectivity index (χ3n) is 1.84. The van der Waals surface area contributed by atoms with Gasteiger partial charge in [0.1, 0.15) is 17.1 Å². The van der Waals surface area contributed by atoms with Gasteiger partial charge in [-0.25, -0.2) is 9.18 Å². The summed E-state index contributed by atoms with van der Waals surface area (Å²) in [6, 6.07) is 5.26. The van der Waals surface area contributed by atoms with Crippen LogP contribution in [-0.2, 0) is 4.79 Å². The van der Waals surface area contributed by atoms with Crippen LogP contribution in [0.4, 0.5) is 4.39 Å². The molecule has 1 aromatic carbocycles. The number of hydrogen-bond acceptors (Lipinski definition) is 2. The van der Waals surface area contributed by atoms with Crippen LogP contribution in [0.5, 0.6) is 5.75 Å². The number of allylic oxidation sites excluding steroid dienone is 1. The molecule has 0 unspecified atom stereocenters. The summed E-state index contributed by atoms with van der Waals surface area (Å²) >= 11 is 0. The lowest BCUT2D eigenvalue weighted by Crippen LogP contribution is -2.08. The highest BCUT2D eigenvalue weighted by molar-refractivity contribution is 5.93. The molecule has 0 N–H and O–H groups in total. The van der Waals surface area contributed by atoms with Crippen molar-refractivity contribution in [1.82, 2.24) is 0 Å². The molecule has 2 rings (SSSR count). The van der Waals surface area contributed by atoms with Gasteiger partial charge in [-0.05, 0) is 36.4 Å². The molecular formula is C12H7FO2. The summed E-state index contributed by atoms with van der Waals surface area (Å²) in [5.74, 6) is -0.544. The topological polar surface area (TPSA) is 26.3 Å². The quantitative estimate of drug-likeness (QED) is 0.418. The van der Waals surface area contributed by atoms with Crippen molar-refractivity contribution in [1.29, 1.82) is 0 Å². The minimum atomic E-state index is -0.494. The zero-order valence-electron chi connectivity index (χ0n) is 7.74. The Kier molecular flexibility index (Phi) is 2.48. The molecule has 0 amide bonds. The fourth-order valence-corrected chi connectivity index (χ4v) is 1.12. The van der Waals surface area contributed by atoms with E-state index in [1.807, 2.05) is 0 Å². The van der Waals surface area contributed by atoms with Crippen LogP contribution in [-0.4, -0.2) is 5.97 Å². The van der Waals surface area contributed by atoms with Crippen molar-refractivity contribution in [2.75, 3.05) is 0 Å². The van der Waals surface area contributed by atoms with E-state index in [1.54, 1.807) is 18.2 Å². The minimum absolute atomic E-state index is 0.316. The van der Waals surface area contributed by atoms with Crippen molar-refractivity contribution < 1.29 is 13.9 Å². The third-order valence-corrected chi connectivity index (χ3v) is 1.84. The van der Waals surface area contributed by atoms with Gasteiger partial charge in [-0.3, -0.25) is 0 Å². The largest absolute Gasteiger partial charge is 0.422 e. The first-order chi connectivity index (χ1) is 7.25. The summed E-state index contributed by atoms with van der Waals surface area (Å²) in [6.07, 6.45) is 4.92. The molecule has 0 radical (unpaired) electrons. The molecule has 74 valence electrons. The molecule has 0 saturated carbocycles. The fourth-order valence-electron chi connectivity index (χ4n) is 1.12. The lowest BCUT2D eigenvalue weighted by Gasteiger charge is -2.02. The molecule has 0 bridgehead atoms. The third kappa shape index (κ3) is 2.22. The van der Waals surface area contributed by atoms with E-state index in [2.05, 4.69) is 5.73 Å². The summed E-state index contributed by atoms with van der Waals surface area (Å²) < 4.78 is 17.5. The van der Waals surface area contributed by atoms with Crippen molar-refractivity contribution in [3.8, 4) is 5.75 Å².